The fourth-order valence-corrected chi connectivity index (χ4v) is 1.23. The lowest BCUT2D eigenvalue weighted by Gasteiger charge is -1.91. The van der Waals surface area contributed by atoms with Crippen molar-refractivity contribution in [3.8, 4) is 0 Å². The number of unbranched alkanes of at least 4 members (excludes halogenated alkanes) is 4. The molecule has 1 heteroatoms. The summed E-state index contributed by atoms with van der Waals surface area (Å²) in [5, 5.41) is 8.54. The third-order valence-corrected chi connectivity index (χ3v) is 2.11. The van der Waals surface area contributed by atoms with Gasteiger partial charge in [0.05, 0.1) is 0 Å². The fourth-order valence-electron chi connectivity index (χ4n) is 1.23. The lowest BCUT2D eigenvalue weighted by atomic mass is 10.2. The molecule has 0 radical (unpaired) electrons. The standard InChI is InChI=1S/C13H24O/c1-2-3-4-5-6-7-8-9-10-11-12-13-14/h6-7,9-10,14H,2-5,8,11-13H2,1H3. The summed E-state index contributed by atoms with van der Waals surface area (Å²) in [6, 6.07) is 0. The second-order valence-corrected chi connectivity index (χ2v) is 3.54. The van der Waals surface area contributed by atoms with E-state index in [-0.39, 0.29) is 0 Å². The van der Waals surface area contributed by atoms with Gasteiger partial charge in [0.15, 0.2) is 0 Å². The quantitative estimate of drug-likeness (QED) is 0.439. The van der Waals surface area contributed by atoms with E-state index < -0.39 is 0 Å². The van der Waals surface area contributed by atoms with E-state index in [9.17, 15) is 0 Å². The van der Waals surface area contributed by atoms with Crippen LogP contribution in [0.25, 0.3) is 0 Å². The summed E-state index contributed by atoms with van der Waals surface area (Å²) < 4.78 is 0. The molecule has 1 N–H and O–H groups in total. The number of allylic oxidation sites excluding steroid dienone is 4. The van der Waals surface area contributed by atoms with Crippen LogP contribution in [0, 0.1) is 0 Å². The zero-order chi connectivity index (χ0) is 10.5. The molecule has 14 heavy (non-hydrogen) atoms. The molecule has 0 aliphatic carbocycles. The second kappa shape index (κ2) is 12.4. The van der Waals surface area contributed by atoms with Gasteiger partial charge < -0.3 is 5.11 Å². The fraction of sp³-hybridized carbons (Fsp3) is 0.692. The Labute approximate surface area is 88.5 Å². The second-order valence-electron chi connectivity index (χ2n) is 3.54. The van der Waals surface area contributed by atoms with Gasteiger partial charge in [-0.25, -0.2) is 0 Å². The van der Waals surface area contributed by atoms with Gasteiger partial charge in [-0.05, 0) is 32.1 Å². The molecule has 0 heterocycles. The molecule has 0 atom stereocenters. The first-order valence-corrected chi connectivity index (χ1v) is 5.82. The predicted octanol–water partition coefficient (Wildman–Crippen LogP) is 3.84. The van der Waals surface area contributed by atoms with Crippen molar-refractivity contribution in [2.75, 3.05) is 6.61 Å². The summed E-state index contributed by atoms with van der Waals surface area (Å²) in [6.07, 6.45) is 16.9. The summed E-state index contributed by atoms with van der Waals surface area (Å²) in [5.41, 5.74) is 0. The van der Waals surface area contributed by atoms with Crippen LogP contribution in [0.1, 0.15) is 51.9 Å². The Kier molecular flexibility index (Phi) is 11.9. The summed E-state index contributed by atoms with van der Waals surface area (Å²) in [7, 11) is 0. The van der Waals surface area contributed by atoms with E-state index in [1.807, 2.05) is 0 Å². The van der Waals surface area contributed by atoms with Crippen LogP contribution < -0.4 is 0 Å². The van der Waals surface area contributed by atoms with Gasteiger partial charge in [0.1, 0.15) is 0 Å². The minimum Gasteiger partial charge on any atom is -0.396 e. The number of rotatable bonds is 9. The van der Waals surface area contributed by atoms with Crippen molar-refractivity contribution in [2.45, 2.75) is 51.9 Å². The van der Waals surface area contributed by atoms with Crippen LogP contribution in [0.3, 0.4) is 0 Å². The minimum atomic E-state index is 0.303. The Balaban J connectivity index is 3.13. The van der Waals surface area contributed by atoms with E-state index in [4.69, 9.17) is 5.11 Å². The smallest absolute Gasteiger partial charge is 0.0433 e. The van der Waals surface area contributed by atoms with Crippen LogP contribution in [0.15, 0.2) is 24.3 Å². The minimum absolute atomic E-state index is 0.303. The molecule has 0 saturated heterocycles. The average Bonchev–Trinajstić information content (AvgIpc) is 2.21. The Morgan fingerprint density at radius 1 is 0.857 bits per heavy atom. The molecule has 1 nitrogen and oxygen atoms in total. The van der Waals surface area contributed by atoms with Crippen LogP contribution >= 0.6 is 0 Å². The van der Waals surface area contributed by atoms with Gasteiger partial charge >= 0.3 is 0 Å². The first-order valence-electron chi connectivity index (χ1n) is 5.82. The molecule has 0 aromatic heterocycles. The van der Waals surface area contributed by atoms with Gasteiger partial charge in [-0.3, -0.25) is 0 Å². The van der Waals surface area contributed by atoms with Gasteiger partial charge in [0.25, 0.3) is 0 Å². The van der Waals surface area contributed by atoms with E-state index in [0.717, 1.165) is 19.3 Å². The zero-order valence-electron chi connectivity index (χ0n) is 9.41. The largest absolute Gasteiger partial charge is 0.396 e. The number of aliphatic hydroxyl groups is 1. The van der Waals surface area contributed by atoms with E-state index in [2.05, 4.69) is 31.2 Å². The molecule has 82 valence electrons. The average molecular weight is 196 g/mol. The van der Waals surface area contributed by atoms with E-state index in [0.29, 0.717) is 6.61 Å². The van der Waals surface area contributed by atoms with Crippen molar-refractivity contribution >= 4 is 0 Å². The van der Waals surface area contributed by atoms with Gasteiger partial charge in [-0.15, -0.1) is 0 Å². The zero-order valence-corrected chi connectivity index (χ0v) is 9.41. The van der Waals surface area contributed by atoms with Gasteiger partial charge in [-0.2, -0.15) is 0 Å². The Morgan fingerprint density at radius 3 is 2.07 bits per heavy atom. The molecule has 0 aliphatic heterocycles. The number of hydrogen-bond donors (Lipinski definition) is 1. The van der Waals surface area contributed by atoms with Crippen LogP contribution in [0.4, 0.5) is 0 Å². The summed E-state index contributed by atoms with van der Waals surface area (Å²) >= 11 is 0. The van der Waals surface area contributed by atoms with E-state index >= 15 is 0 Å². The van der Waals surface area contributed by atoms with Crippen molar-refractivity contribution in [2.24, 2.45) is 0 Å². The first kappa shape index (κ1) is 13.4. The van der Waals surface area contributed by atoms with Crippen molar-refractivity contribution in [1.82, 2.24) is 0 Å². The highest BCUT2D eigenvalue weighted by molar-refractivity contribution is 4.92. The summed E-state index contributed by atoms with van der Waals surface area (Å²) in [4.78, 5) is 0. The predicted molar refractivity (Wildman–Crippen MR) is 63.4 cm³/mol. The van der Waals surface area contributed by atoms with Crippen molar-refractivity contribution < 1.29 is 5.11 Å². The maximum atomic E-state index is 8.54. The lowest BCUT2D eigenvalue weighted by molar-refractivity contribution is 0.289. The van der Waals surface area contributed by atoms with E-state index in [1.54, 1.807) is 0 Å². The lowest BCUT2D eigenvalue weighted by Crippen LogP contribution is -1.77. The number of hydrogen-bond acceptors (Lipinski definition) is 1. The van der Waals surface area contributed by atoms with Gasteiger partial charge in [-0.1, -0.05) is 44.1 Å². The van der Waals surface area contributed by atoms with Gasteiger partial charge in [0.2, 0.25) is 0 Å². The van der Waals surface area contributed by atoms with E-state index in [1.165, 1.54) is 25.7 Å². The van der Waals surface area contributed by atoms with Crippen molar-refractivity contribution in [3.05, 3.63) is 24.3 Å². The molecule has 0 bridgehead atoms. The molecular weight excluding hydrogens is 172 g/mol. The molecule has 0 fully saturated rings. The van der Waals surface area contributed by atoms with Crippen LogP contribution in [-0.2, 0) is 0 Å². The normalized spacial score (nSPS) is 11.9. The summed E-state index contributed by atoms with van der Waals surface area (Å²) in [5.74, 6) is 0. The highest BCUT2D eigenvalue weighted by Crippen LogP contribution is 2.00. The van der Waals surface area contributed by atoms with Crippen molar-refractivity contribution in [3.63, 3.8) is 0 Å². The molecule has 0 saturated carbocycles. The monoisotopic (exact) mass is 196 g/mol. The SMILES string of the molecule is CCCCCC=CCC=CCCCO. The van der Waals surface area contributed by atoms with Crippen LogP contribution in [0.5, 0.6) is 0 Å². The summed E-state index contributed by atoms with van der Waals surface area (Å²) in [6.45, 7) is 2.53. The Morgan fingerprint density at radius 2 is 1.50 bits per heavy atom. The Hall–Kier alpha value is -0.560. The molecule has 0 aromatic rings. The van der Waals surface area contributed by atoms with Crippen LogP contribution in [0.2, 0.25) is 0 Å². The molecule has 0 aliphatic rings. The number of aliphatic hydroxyl groups excluding tert-OH is 1. The van der Waals surface area contributed by atoms with Crippen LogP contribution in [-0.4, -0.2) is 11.7 Å². The maximum absolute atomic E-state index is 8.54. The van der Waals surface area contributed by atoms with Gasteiger partial charge in [0, 0.05) is 6.61 Å². The highest BCUT2D eigenvalue weighted by atomic mass is 16.2. The third-order valence-electron chi connectivity index (χ3n) is 2.11. The highest BCUT2D eigenvalue weighted by Gasteiger charge is 1.81. The maximum Gasteiger partial charge on any atom is 0.0433 e. The Bertz CT molecular complexity index is 147. The molecule has 0 amide bonds. The molecular formula is C13H24O. The van der Waals surface area contributed by atoms with Crippen molar-refractivity contribution in [1.29, 1.82) is 0 Å². The molecule has 0 unspecified atom stereocenters. The first-order chi connectivity index (χ1) is 6.91. The molecule has 0 rings (SSSR count). The molecule has 0 aromatic carbocycles. The molecule has 0 spiro atoms. The topological polar surface area (TPSA) is 20.2 Å². The third kappa shape index (κ3) is 11.4.